The van der Waals surface area contributed by atoms with Crippen molar-refractivity contribution < 1.29 is 27.5 Å². The van der Waals surface area contributed by atoms with Gasteiger partial charge in [0.2, 0.25) is 0 Å². The van der Waals surface area contributed by atoms with Gasteiger partial charge in [-0.1, -0.05) is 44.2 Å². The van der Waals surface area contributed by atoms with Crippen LogP contribution in [0.5, 0.6) is 0 Å². The average molecular weight is 419 g/mol. The molecule has 7 heteroatoms. The molecule has 4 nitrogen and oxygen atoms in total. The molecule has 160 valence electrons. The van der Waals surface area contributed by atoms with Crippen molar-refractivity contribution in [3.63, 3.8) is 0 Å². The van der Waals surface area contributed by atoms with Crippen molar-refractivity contribution in [3.8, 4) is 0 Å². The topological polar surface area (TPSA) is 55.4 Å². The number of carbonyl (C=O) groups is 2. The van der Waals surface area contributed by atoms with E-state index in [9.17, 15) is 22.8 Å². The first-order chi connectivity index (χ1) is 14.1. The third-order valence-electron chi connectivity index (χ3n) is 4.65. The summed E-state index contributed by atoms with van der Waals surface area (Å²) in [5.41, 5.74) is 1.02. The zero-order valence-corrected chi connectivity index (χ0v) is 17.0. The number of para-hydroxylation sites is 1. The second-order valence-electron chi connectivity index (χ2n) is 6.92. The Morgan fingerprint density at radius 1 is 1.10 bits per heavy atom. The minimum atomic E-state index is -4.47. The Hall–Kier alpha value is -3.09. The van der Waals surface area contributed by atoms with Gasteiger partial charge in [0.25, 0.3) is 5.91 Å². The quantitative estimate of drug-likeness (QED) is 0.456. The SMILES string of the molecule is CC[C@@H](C)c1ccccc1NC(=O)[C@@H](C)OC(=O)/C=C/c1cccc(C(F)(F)F)c1. The normalized spacial score (nSPS) is 13.7. The lowest BCUT2D eigenvalue weighted by molar-refractivity contribution is -0.148. The highest BCUT2D eigenvalue weighted by Gasteiger charge is 2.30. The Morgan fingerprint density at radius 2 is 1.80 bits per heavy atom. The third-order valence-corrected chi connectivity index (χ3v) is 4.65. The standard InChI is InChI=1S/C23H24F3NO3/c1-4-15(2)19-10-5-6-11-20(19)27-22(29)16(3)30-21(28)13-12-17-8-7-9-18(14-17)23(24,25)26/h5-16H,4H2,1-3H3,(H,27,29)/b13-12+/t15-,16-/m1/s1. The molecular weight excluding hydrogens is 395 g/mol. The molecular formula is C23H24F3NO3. The number of amides is 1. The summed E-state index contributed by atoms with van der Waals surface area (Å²) in [5, 5.41) is 2.76. The van der Waals surface area contributed by atoms with Crippen molar-refractivity contribution in [3.05, 3.63) is 71.3 Å². The van der Waals surface area contributed by atoms with E-state index in [0.29, 0.717) is 5.69 Å². The fourth-order valence-corrected chi connectivity index (χ4v) is 2.74. The molecule has 0 saturated carbocycles. The van der Waals surface area contributed by atoms with Gasteiger partial charge >= 0.3 is 12.1 Å². The summed E-state index contributed by atoms with van der Waals surface area (Å²) in [7, 11) is 0. The molecule has 0 heterocycles. The van der Waals surface area contributed by atoms with Gasteiger partial charge in [0.15, 0.2) is 6.10 Å². The average Bonchev–Trinajstić information content (AvgIpc) is 2.71. The van der Waals surface area contributed by atoms with Gasteiger partial charge in [0.05, 0.1) is 5.56 Å². The van der Waals surface area contributed by atoms with Gasteiger partial charge < -0.3 is 10.1 Å². The number of benzene rings is 2. The van der Waals surface area contributed by atoms with E-state index in [1.807, 2.05) is 26.0 Å². The molecule has 0 fully saturated rings. The monoisotopic (exact) mass is 419 g/mol. The van der Waals surface area contributed by atoms with Gasteiger partial charge in [-0.3, -0.25) is 4.79 Å². The van der Waals surface area contributed by atoms with Crippen LogP contribution < -0.4 is 5.32 Å². The van der Waals surface area contributed by atoms with Gasteiger partial charge in [0, 0.05) is 11.8 Å². The van der Waals surface area contributed by atoms with E-state index >= 15 is 0 Å². The summed E-state index contributed by atoms with van der Waals surface area (Å²) < 4.78 is 43.3. The number of anilines is 1. The van der Waals surface area contributed by atoms with Crippen LogP contribution in [-0.2, 0) is 20.5 Å². The zero-order valence-electron chi connectivity index (χ0n) is 17.0. The molecule has 0 aliphatic carbocycles. The maximum atomic E-state index is 12.7. The molecule has 0 spiro atoms. The van der Waals surface area contributed by atoms with Crippen molar-refractivity contribution in [1.82, 2.24) is 0 Å². The minimum absolute atomic E-state index is 0.196. The summed E-state index contributed by atoms with van der Waals surface area (Å²) in [5.74, 6) is -1.08. The van der Waals surface area contributed by atoms with E-state index in [1.54, 1.807) is 12.1 Å². The number of nitrogens with one attached hydrogen (secondary N) is 1. The third kappa shape index (κ3) is 6.47. The Balaban J connectivity index is 1.99. The van der Waals surface area contributed by atoms with E-state index in [2.05, 4.69) is 5.32 Å². The number of ether oxygens (including phenoxy) is 1. The molecule has 0 unspecified atom stereocenters. The molecule has 1 N–H and O–H groups in total. The molecule has 0 radical (unpaired) electrons. The van der Waals surface area contributed by atoms with E-state index in [-0.39, 0.29) is 11.5 Å². The van der Waals surface area contributed by atoms with Crippen molar-refractivity contribution in [2.75, 3.05) is 5.32 Å². The molecule has 0 saturated heterocycles. The first-order valence-corrected chi connectivity index (χ1v) is 9.57. The molecule has 0 aromatic heterocycles. The Bertz CT molecular complexity index is 922. The van der Waals surface area contributed by atoms with Gasteiger partial charge in [-0.05, 0) is 54.7 Å². The lowest BCUT2D eigenvalue weighted by Gasteiger charge is -2.17. The number of esters is 1. The van der Waals surface area contributed by atoms with Gasteiger partial charge in [-0.25, -0.2) is 4.79 Å². The molecule has 30 heavy (non-hydrogen) atoms. The lowest BCUT2D eigenvalue weighted by Crippen LogP contribution is -2.29. The van der Waals surface area contributed by atoms with Crippen LogP contribution in [0.4, 0.5) is 18.9 Å². The predicted molar refractivity (Wildman–Crippen MR) is 110 cm³/mol. The van der Waals surface area contributed by atoms with Crippen molar-refractivity contribution in [1.29, 1.82) is 0 Å². The van der Waals surface area contributed by atoms with E-state index in [4.69, 9.17) is 4.74 Å². The largest absolute Gasteiger partial charge is 0.449 e. The van der Waals surface area contributed by atoms with Crippen LogP contribution in [0.25, 0.3) is 6.08 Å². The maximum Gasteiger partial charge on any atom is 0.416 e. The number of hydrogen-bond donors (Lipinski definition) is 1. The summed E-state index contributed by atoms with van der Waals surface area (Å²) >= 11 is 0. The molecule has 1 amide bonds. The molecule has 0 bridgehead atoms. The molecule has 2 atom stereocenters. The smallest absolute Gasteiger partial charge is 0.416 e. The first kappa shape index (κ1) is 23.2. The highest BCUT2D eigenvalue weighted by Crippen LogP contribution is 2.30. The second kappa shape index (κ2) is 10.1. The van der Waals surface area contributed by atoms with E-state index in [1.165, 1.54) is 25.1 Å². The fourth-order valence-electron chi connectivity index (χ4n) is 2.74. The minimum Gasteiger partial charge on any atom is -0.449 e. The molecule has 2 aromatic rings. The molecule has 0 aliphatic heterocycles. The van der Waals surface area contributed by atoms with Gasteiger partial charge in [0.1, 0.15) is 0 Å². The highest BCUT2D eigenvalue weighted by molar-refractivity contribution is 5.97. The number of hydrogen-bond acceptors (Lipinski definition) is 3. The zero-order chi connectivity index (χ0) is 22.3. The van der Waals surface area contributed by atoms with E-state index in [0.717, 1.165) is 30.2 Å². The Morgan fingerprint density at radius 3 is 2.47 bits per heavy atom. The van der Waals surface area contributed by atoms with Crippen LogP contribution in [0.2, 0.25) is 0 Å². The Kier molecular flexibility index (Phi) is 7.80. The van der Waals surface area contributed by atoms with E-state index < -0.39 is 29.7 Å². The molecule has 2 rings (SSSR count). The summed E-state index contributed by atoms with van der Waals surface area (Å²) in [6.07, 6.45) is -2.44. The number of rotatable bonds is 7. The first-order valence-electron chi connectivity index (χ1n) is 9.57. The maximum absolute atomic E-state index is 12.7. The number of carbonyl (C=O) groups excluding carboxylic acids is 2. The van der Waals surface area contributed by atoms with Crippen LogP contribution in [0.3, 0.4) is 0 Å². The summed E-state index contributed by atoms with van der Waals surface area (Å²) in [4.78, 5) is 24.4. The highest BCUT2D eigenvalue weighted by atomic mass is 19.4. The second-order valence-corrected chi connectivity index (χ2v) is 6.92. The fraction of sp³-hybridized carbons (Fsp3) is 0.304. The summed E-state index contributed by atoms with van der Waals surface area (Å²) in [6, 6.07) is 11.9. The van der Waals surface area contributed by atoms with Crippen molar-refractivity contribution in [2.45, 2.75) is 45.4 Å². The van der Waals surface area contributed by atoms with Gasteiger partial charge in [-0.2, -0.15) is 13.2 Å². The van der Waals surface area contributed by atoms with Crippen LogP contribution in [0, 0.1) is 0 Å². The number of alkyl halides is 3. The summed E-state index contributed by atoms with van der Waals surface area (Å²) in [6.45, 7) is 5.52. The molecule has 2 aromatic carbocycles. The Labute approximate surface area is 173 Å². The van der Waals surface area contributed by atoms with Crippen molar-refractivity contribution >= 4 is 23.6 Å². The van der Waals surface area contributed by atoms with Gasteiger partial charge in [-0.15, -0.1) is 0 Å². The van der Waals surface area contributed by atoms with Crippen LogP contribution >= 0.6 is 0 Å². The van der Waals surface area contributed by atoms with Crippen molar-refractivity contribution in [2.24, 2.45) is 0 Å². The number of halogens is 3. The van der Waals surface area contributed by atoms with Crippen LogP contribution in [0.15, 0.2) is 54.6 Å². The predicted octanol–water partition coefficient (Wildman–Crippen LogP) is 5.80. The van der Waals surface area contributed by atoms with Crippen LogP contribution in [0.1, 0.15) is 49.8 Å². The molecule has 0 aliphatic rings. The lowest BCUT2D eigenvalue weighted by atomic mass is 9.97. The van der Waals surface area contributed by atoms with Crippen LogP contribution in [-0.4, -0.2) is 18.0 Å².